The minimum Gasteiger partial charge on any atom is -0.360 e. The summed E-state index contributed by atoms with van der Waals surface area (Å²) >= 11 is 3.22. The molecule has 1 aromatic heterocycles. The molecule has 0 aliphatic heterocycles. The average Bonchev–Trinajstić information content (AvgIpc) is 2.90. The fourth-order valence-corrected chi connectivity index (χ4v) is 3.46. The molecule has 1 heterocycles. The molecule has 0 unspecified atom stereocenters. The van der Waals surface area contributed by atoms with Crippen LogP contribution < -0.4 is 10.5 Å². The highest BCUT2D eigenvalue weighted by atomic mass is 79.9. The maximum atomic E-state index is 12.2. The van der Waals surface area contributed by atoms with Gasteiger partial charge in [0.25, 0.3) is 0 Å². The van der Waals surface area contributed by atoms with E-state index in [-0.39, 0.29) is 18.0 Å². The largest absolute Gasteiger partial charge is 0.360 e. The summed E-state index contributed by atoms with van der Waals surface area (Å²) in [6.45, 7) is 0.319. The van der Waals surface area contributed by atoms with Crippen molar-refractivity contribution in [1.82, 2.24) is 9.88 Å². The number of nitrogens with zero attached hydrogens (tertiary/aromatic N) is 1. The summed E-state index contributed by atoms with van der Waals surface area (Å²) < 4.78 is 32.1. The molecular weight excluding hydrogens is 334 g/mol. The zero-order valence-electron chi connectivity index (χ0n) is 9.84. The number of halogens is 1. The average molecular weight is 346 g/mol. The van der Waals surface area contributed by atoms with E-state index in [4.69, 9.17) is 10.3 Å². The molecule has 0 bridgehead atoms. The Hall–Kier alpha value is -1.22. The van der Waals surface area contributed by atoms with Crippen molar-refractivity contribution < 1.29 is 12.9 Å². The van der Waals surface area contributed by atoms with Crippen molar-refractivity contribution >= 4 is 26.0 Å². The number of nitrogens with one attached hydrogen (secondary N) is 1. The van der Waals surface area contributed by atoms with Crippen molar-refractivity contribution in [2.24, 2.45) is 5.73 Å². The van der Waals surface area contributed by atoms with Crippen LogP contribution in [0.3, 0.4) is 0 Å². The van der Waals surface area contributed by atoms with Crippen LogP contribution in [0.4, 0.5) is 0 Å². The van der Waals surface area contributed by atoms with E-state index < -0.39 is 10.0 Å². The maximum absolute atomic E-state index is 12.2. The molecule has 0 saturated carbocycles. The Labute approximate surface area is 119 Å². The molecule has 102 valence electrons. The fraction of sp³-hybridized carbons (Fsp3) is 0.182. The van der Waals surface area contributed by atoms with Gasteiger partial charge in [-0.15, -0.1) is 0 Å². The number of hydrogen-bond donors (Lipinski definition) is 2. The van der Waals surface area contributed by atoms with E-state index in [1.807, 2.05) is 0 Å². The Morgan fingerprint density at radius 2 is 2.16 bits per heavy atom. The van der Waals surface area contributed by atoms with Gasteiger partial charge in [-0.3, -0.25) is 0 Å². The van der Waals surface area contributed by atoms with Crippen LogP contribution in [0.25, 0.3) is 0 Å². The van der Waals surface area contributed by atoms with Crippen LogP contribution in [0, 0.1) is 0 Å². The number of nitrogens with two attached hydrogens (primary N) is 1. The number of rotatable bonds is 5. The van der Waals surface area contributed by atoms with Crippen LogP contribution in [0.2, 0.25) is 0 Å². The normalized spacial score (nSPS) is 11.7. The van der Waals surface area contributed by atoms with Crippen LogP contribution >= 0.6 is 15.9 Å². The lowest BCUT2D eigenvalue weighted by atomic mass is 10.2. The molecule has 0 radical (unpaired) electrons. The highest BCUT2D eigenvalue weighted by molar-refractivity contribution is 9.10. The van der Waals surface area contributed by atoms with Crippen LogP contribution in [-0.2, 0) is 23.1 Å². The van der Waals surface area contributed by atoms with Crippen LogP contribution in [0.15, 0.2) is 44.4 Å². The SMILES string of the molecule is NCc1ccc(Br)c(S(=O)(=O)NCc2ccno2)c1. The smallest absolute Gasteiger partial charge is 0.242 e. The second-order valence-electron chi connectivity index (χ2n) is 3.77. The van der Waals surface area contributed by atoms with Crippen molar-refractivity contribution in [2.75, 3.05) is 0 Å². The van der Waals surface area contributed by atoms with Crippen LogP contribution in [-0.4, -0.2) is 13.6 Å². The Morgan fingerprint density at radius 3 is 2.79 bits per heavy atom. The third-order valence-electron chi connectivity index (χ3n) is 2.45. The molecule has 0 spiro atoms. The molecule has 6 nitrogen and oxygen atoms in total. The summed E-state index contributed by atoms with van der Waals surface area (Å²) in [5.74, 6) is 0.440. The van der Waals surface area contributed by atoms with Gasteiger partial charge in [0.05, 0.1) is 17.6 Å². The first-order chi connectivity index (χ1) is 9.03. The summed E-state index contributed by atoms with van der Waals surface area (Å²) in [6, 6.07) is 6.55. The van der Waals surface area contributed by atoms with Crippen molar-refractivity contribution in [3.8, 4) is 0 Å². The maximum Gasteiger partial charge on any atom is 0.242 e. The van der Waals surface area contributed by atoms with E-state index >= 15 is 0 Å². The summed E-state index contributed by atoms with van der Waals surface area (Å²) in [5, 5.41) is 3.50. The second-order valence-corrected chi connectivity index (χ2v) is 6.36. The van der Waals surface area contributed by atoms with Crippen molar-refractivity contribution in [3.63, 3.8) is 0 Å². The Morgan fingerprint density at radius 1 is 1.37 bits per heavy atom. The lowest BCUT2D eigenvalue weighted by Crippen LogP contribution is -2.23. The zero-order valence-corrected chi connectivity index (χ0v) is 12.2. The van der Waals surface area contributed by atoms with Crippen LogP contribution in [0.5, 0.6) is 0 Å². The van der Waals surface area contributed by atoms with Crippen LogP contribution in [0.1, 0.15) is 11.3 Å². The zero-order chi connectivity index (χ0) is 13.9. The molecule has 1 aromatic carbocycles. The molecule has 2 aromatic rings. The number of aromatic nitrogens is 1. The number of sulfonamides is 1. The molecule has 2 rings (SSSR count). The van der Waals surface area contributed by atoms with Gasteiger partial charge in [-0.1, -0.05) is 11.2 Å². The number of hydrogen-bond acceptors (Lipinski definition) is 5. The summed E-state index contributed by atoms with van der Waals surface area (Å²) in [5.41, 5.74) is 6.25. The van der Waals surface area contributed by atoms with Gasteiger partial charge >= 0.3 is 0 Å². The van der Waals surface area contributed by atoms with E-state index in [2.05, 4.69) is 25.8 Å². The minimum absolute atomic E-state index is 0.0433. The van der Waals surface area contributed by atoms with E-state index in [9.17, 15) is 8.42 Å². The molecule has 0 aliphatic carbocycles. The topological polar surface area (TPSA) is 98.2 Å². The lowest BCUT2D eigenvalue weighted by molar-refractivity contribution is 0.380. The Bertz CT molecular complexity index is 656. The summed E-state index contributed by atoms with van der Waals surface area (Å²) in [7, 11) is -3.64. The lowest BCUT2D eigenvalue weighted by Gasteiger charge is -2.08. The van der Waals surface area contributed by atoms with E-state index in [0.29, 0.717) is 10.2 Å². The van der Waals surface area contributed by atoms with Crippen molar-refractivity contribution in [1.29, 1.82) is 0 Å². The van der Waals surface area contributed by atoms with Crippen molar-refractivity contribution in [3.05, 3.63) is 46.3 Å². The van der Waals surface area contributed by atoms with Gasteiger partial charge in [0.1, 0.15) is 0 Å². The third kappa shape index (κ3) is 3.41. The highest BCUT2D eigenvalue weighted by Crippen LogP contribution is 2.23. The number of benzene rings is 1. The van der Waals surface area contributed by atoms with Gasteiger partial charge in [0, 0.05) is 17.1 Å². The van der Waals surface area contributed by atoms with E-state index in [1.54, 1.807) is 18.2 Å². The van der Waals surface area contributed by atoms with Gasteiger partial charge < -0.3 is 10.3 Å². The van der Waals surface area contributed by atoms with Gasteiger partial charge in [0.2, 0.25) is 10.0 Å². The quantitative estimate of drug-likeness (QED) is 0.852. The molecule has 0 saturated heterocycles. The van der Waals surface area contributed by atoms with Gasteiger partial charge in [-0.2, -0.15) is 0 Å². The Balaban J connectivity index is 2.23. The molecule has 0 amide bonds. The molecular formula is C11H12BrN3O3S. The third-order valence-corrected chi connectivity index (χ3v) is 4.84. The summed E-state index contributed by atoms with van der Waals surface area (Å²) in [4.78, 5) is 0.148. The Kier molecular flexibility index (Phi) is 4.35. The van der Waals surface area contributed by atoms with E-state index in [1.165, 1.54) is 12.3 Å². The summed E-state index contributed by atoms with van der Waals surface area (Å²) in [6.07, 6.45) is 1.45. The minimum atomic E-state index is -3.64. The van der Waals surface area contributed by atoms with E-state index in [0.717, 1.165) is 5.56 Å². The fourth-order valence-electron chi connectivity index (χ4n) is 1.46. The van der Waals surface area contributed by atoms with Gasteiger partial charge in [0.15, 0.2) is 5.76 Å². The molecule has 0 fully saturated rings. The monoisotopic (exact) mass is 345 g/mol. The molecule has 19 heavy (non-hydrogen) atoms. The van der Waals surface area contributed by atoms with Gasteiger partial charge in [-0.05, 0) is 33.6 Å². The second kappa shape index (κ2) is 5.83. The predicted octanol–water partition coefficient (Wildman–Crippen LogP) is 1.37. The first-order valence-corrected chi connectivity index (χ1v) is 7.68. The van der Waals surface area contributed by atoms with Gasteiger partial charge in [-0.25, -0.2) is 13.1 Å². The predicted molar refractivity (Wildman–Crippen MR) is 72.6 cm³/mol. The highest BCUT2D eigenvalue weighted by Gasteiger charge is 2.18. The standard InChI is InChI=1S/C11H12BrN3O3S/c12-10-2-1-8(6-13)5-11(10)19(16,17)15-7-9-3-4-14-18-9/h1-5,15H,6-7,13H2. The molecule has 3 N–H and O–H groups in total. The first-order valence-electron chi connectivity index (χ1n) is 5.40. The first kappa shape index (κ1) is 14.2. The molecule has 8 heteroatoms. The molecule has 0 aliphatic rings. The van der Waals surface area contributed by atoms with Crippen molar-refractivity contribution in [2.45, 2.75) is 18.0 Å². The molecule has 0 atom stereocenters.